The molecular weight excluding hydrogens is 315 g/mol. The summed E-state index contributed by atoms with van der Waals surface area (Å²) in [6.45, 7) is 9.23. The van der Waals surface area contributed by atoms with Crippen molar-refractivity contribution in [3.63, 3.8) is 0 Å². The monoisotopic (exact) mass is 340 g/mol. The number of hydrogen-bond donors (Lipinski definition) is 0. The molecule has 0 fully saturated rings. The molecule has 0 saturated heterocycles. The van der Waals surface area contributed by atoms with E-state index in [0.29, 0.717) is 17.5 Å². The van der Waals surface area contributed by atoms with Gasteiger partial charge >= 0.3 is 13.6 Å². The van der Waals surface area contributed by atoms with Gasteiger partial charge in [0, 0.05) is 6.08 Å². The maximum Gasteiger partial charge on any atom is 0.362 e. The molecule has 5 nitrogen and oxygen atoms in total. The first-order valence-corrected chi connectivity index (χ1v) is 9.24. The Hall–Kier alpha value is -1.42. The largest absolute Gasteiger partial charge is 0.463 e. The lowest BCUT2D eigenvalue weighted by Gasteiger charge is -2.24. The van der Waals surface area contributed by atoms with E-state index in [0.717, 1.165) is 0 Å². The summed E-state index contributed by atoms with van der Waals surface area (Å²) in [5, 5.41) is 0.433. The average molecular weight is 340 g/mol. The van der Waals surface area contributed by atoms with Crippen LogP contribution in [0.25, 0.3) is 6.08 Å². The fraction of sp³-hybridized carbons (Fsp3) is 0.471. The van der Waals surface area contributed by atoms with Crippen LogP contribution >= 0.6 is 7.60 Å². The molecule has 0 radical (unpaired) electrons. The quantitative estimate of drug-likeness (QED) is 0.408. The van der Waals surface area contributed by atoms with Crippen LogP contribution in [0, 0.1) is 0 Å². The second-order valence-corrected chi connectivity index (χ2v) is 7.35. The molecule has 0 heterocycles. The van der Waals surface area contributed by atoms with Crippen LogP contribution in [0.2, 0.25) is 0 Å². The molecule has 23 heavy (non-hydrogen) atoms. The minimum Gasteiger partial charge on any atom is -0.463 e. The number of benzene rings is 1. The van der Waals surface area contributed by atoms with Crippen LogP contribution in [-0.2, 0) is 23.1 Å². The molecule has 0 amide bonds. The number of esters is 1. The Balaban J connectivity index is 3.22. The predicted molar refractivity (Wildman–Crippen MR) is 91.8 cm³/mol. The highest BCUT2D eigenvalue weighted by Crippen LogP contribution is 2.50. The van der Waals surface area contributed by atoms with Gasteiger partial charge in [-0.1, -0.05) is 18.2 Å². The molecule has 0 aromatic heterocycles. The third-order valence-corrected chi connectivity index (χ3v) is 5.01. The Morgan fingerprint density at radius 3 is 2.22 bits per heavy atom. The second kappa shape index (κ2) is 9.02. The van der Waals surface area contributed by atoms with Gasteiger partial charge in [-0.2, -0.15) is 0 Å². The van der Waals surface area contributed by atoms with Crippen molar-refractivity contribution < 1.29 is 23.1 Å². The van der Waals surface area contributed by atoms with E-state index in [1.807, 2.05) is 0 Å². The standard InChI is InChI=1S/C17H25O5P/c1-6-20-17(18)12-11-15-9-7-8-10-16(15)23(19,21-13(2)3)22-14(4)5/h7-14H,6H2,1-5H3/b12-11+. The van der Waals surface area contributed by atoms with Crippen LogP contribution in [0.5, 0.6) is 0 Å². The molecule has 0 bridgehead atoms. The van der Waals surface area contributed by atoms with Crippen LogP contribution in [0.3, 0.4) is 0 Å². The van der Waals surface area contributed by atoms with Gasteiger partial charge < -0.3 is 13.8 Å². The maximum atomic E-state index is 13.2. The van der Waals surface area contributed by atoms with Gasteiger partial charge in [0.2, 0.25) is 0 Å². The van der Waals surface area contributed by atoms with Crippen molar-refractivity contribution in [3.05, 3.63) is 35.9 Å². The topological polar surface area (TPSA) is 61.8 Å². The molecule has 0 atom stereocenters. The summed E-state index contributed by atoms with van der Waals surface area (Å²) in [6.07, 6.45) is 2.34. The van der Waals surface area contributed by atoms with Crippen molar-refractivity contribution in [2.24, 2.45) is 0 Å². The zero-order valence-electron chi connectivity index (χ0n) is 14.3. The third kappa shape index (κ3) is 6.30. The Kier molecular flexibility index (Phi) is 7.69. The summed E-state index contributed by atoms with van der Waals surface area (Å²) in [4.78, 5) is 11.5. The summed E-state index contributed by atoms with van der Waals surface area (Å²) in [5.41, 5.74) is 0.602. The molecule has 0 unspecified atom stereocenters. The Bertz CT molecular complexity index is 578. The van der Waals surface area contributed by atoms with E-state index >= 15 is 0 Å². The third-order valence-electron chi connectivity index (χ3n) is 2.62. The van der Waals surface area contributed by atoms with Crippen molar-refractivity contribution in [2.75, 3.05) is 6.61 Å². The molecule has 1 rings (SSSR count). The van der Waals surface area contributed by atoms with E-state index in [1.54, 1.807) is 65.0 Å². The normalized spacial score (nSPS) is 12.3. The molecule has 6 heteroatoms. The Morgan fingerprint density at radius 1 is 1.13 bits per heavy atom. The molecule has 0 aliphatic carbocycles. The fourth-order valence-corrected chi connectivity index (χ4v) is 4.04. The molecule has 0 saturated carbocycles. The van der Waals surface area contributed by atoms with Crippen molar-refractivity contribution >= 4 is 24.9 Å². The van der Waals surface area contributed by atoms with Gasteiger partial charge in [0.25, 0.3) is 0 Å². The van der Waals surface area contributed by atoms with Crippen LogP contribution in [0.4, 0.5) is 0 Å². The smallest absolute Gasteiger partial charge is 0.362 e. The van der Waals surface area contributed by atoms with Crippen molar-refractivity contribution in [3.8, 4) is 0 Å². The summed E-state index contributed by atoms with van der Waals surface area (Å²) in [7, 11) is -3.50. The molecule has 1 aromatic rings. The van der Waals surface area contributed by atoms with Gasteiger partial charge in [-0.05, 0) is 52.3 Å². The van der Waals surface area contributed by atoms with Crippen molar-refractivity contribution in [1.29, 1.82) is 0 Å². The van der Waals surface area contributed by atoms with Gasteiger partial charge in [-0.25, -0.2) is 4.79 Å². The molecule has 1 aromatic carbocycles. The number of rotatable bonds is 8. The lowest BCUT2D eigenvalue weighted by Crippen LogP contribution is -2.18. The first-order valence-electron chi connectivity index (χ1n) is 7.69. The number of carbonyl (C=O) groups excluding carboxylic acids is 1. The highest BCUT2D eigenvalue weighted by Gasteiger charge is 2.32. The lowest BCUT2D eigenvalue weighted by atomic mass is 10.2. The molecule has 128 valence electrons. The minimum atomic E-state index is -3.50. The van der Waals surface area contributed by atoms with Crippen LogP contribution in [-0.4, -0.2) is 24.8 Å². The van der Waals surface area contributed by atoms with Gasteiger partial charge in [0.15, 0.2) is 0 Å². The first kappa shape index (κ1) is 19.6. The first-order chi connectivity index (χ1) is 10.8. The highest BCUT2D eigenvalue weighted by atomic mass is 31.2. The zero-order valence-corrected chi connectivity index (χ0v) is 15.2. The number of hydrogen-bond acceptors (Lipinski definition) is 5. The zero-order chi connectivity index (χ0) is 17.5. The maximum absolute atomic E-state index is 13.2. The summed E-state index contributed by atoms with van der Waals surface area (Å²) in [6, 6.07) is 7.00. The van der Waals surface area contributed by atoms with E-state index < -0.39 is 13.6 Å². The van der Waals surface area contributed by atoms with Crippen molar-refractivity contribution in [2.45, 2.75) is 46.8 Å². The van der Waals surface area contributed by atoms with E-state index in [2.05, 4.69) is 0 Å². The molecule has 0 spiro atoms. The minimum absolute atomic E-state index is 0.262. The fourth-order valence-electron chi connectivity index (χ4n) is 1.92. The molecule has 0 aliphatic rings. The van der Waals surface area contributed by atoms with Crippen molar-refractivity contribution in [1.82, 2.24) is 0 Å². The van der Waals surface area contributed by atoms with Gasteiger partial charge in [0.1, 0.15) is 0 Å². The van der Waals surface area contributed by atoms with Crippen LogP contribution in [0.1, 0.15) is 40.2 Å². The molecule has 0 N–H and O–H groups in total. The lowest BCUT2D eigenvalue weighted by molar-refractivity contribution is -0.137. The summed E-state index contributed by atoms with van der Waals surface area (Å²) >= 11 is 0. The average Bonchev–Trinajstić information content (AvgIpc) is 2.44. The predicted octanol–water partition coefficient (Wildman–Crippen LogP) is 3.93. The summed E-state index contributed by atoms with van der Waals surface area (Å²) < 4.78 is 29.3. The van der Waals surface area contributed by atoms with Gasteiger partial charge in [-0.3, -0.25) is 4.57 Å². The second-order valence-electron chi connectivity index (χ2n) is 5.45. The highest BCUT2D eigenvalue weighted by molar-refractivity contribution is 7.62. The Morgan fingerprint density at radius 2 is 1.70 bits per heavy atom. The molecular formula is C17H25O5P. The number of carbonyl (C=O) groups is 1. The van der Waals surface area contributed by atoms with Gasteiger partial charge in [0.05, 0.1) is 24.1 Å². The van der Waals surface area contributed by atoms with Gasteiger partial charge in [-0.15, -0.1) is 0 Å². The van der Waals surface area contributed by atoms with E-state index in [1.165, 1.54) is 6.08 Å². The number of ether oxygens (including phenoxy) is 1. The molecule has 0 aliphatic heterocycles. The Labute approximate surface area is 138 Å². The van der Waals surface area contributed by atoms with Crippen LogP contribution in [0.15, 0.2) is 30.3 Å². The SMILES string of the molecule is CCOC(=O)/C=C/c1ccccc1P(=O)(OC(C)C)OC(C)C. The van der Waals surface area contributed by atoms with E-state index in [4.69, 9.17) is 13.8 Å². The van der Waals surface area contributed by atoms with E-state index in [9.17, 15) is 9.36 Å². The summed E-state index contributed by atoms with van der Waals surface area (Å²) in [5.74, 6) is -0.452. The van der Waals surface area contributed by atoms with Crippen LogP contribution < -0.4 is 5.30 Å². The van der Waals surface area contributed by atoms with E-state index in [-0.39, 0.29) is 12.2 Å².